The minimum Gasteiger partial charge on any atom is -0.377 e. The molecule has 3 N–H and O–H groups in total. The van der Waals surface area contributed by atoms with Crippen LogP contribution in [0.1, 0.15) is 52.4 Å². The number of hydrogen-bond donors (Lipinski definition) is 2. The molecular formula is C17H28N2O2. The molecule has 2 aliphatic carbocycles. The number of fused-ring (bicyclic) bond motifs is 1. The summed E-state index contributed by atoms with van der Waals surface area (Å²) in [4.78, 5) is 12.7. The van der Waals surface area contributed by atoms with Gasteiger partial charge in [-0.2, -0.15) is 0 Å². The number of hydrogen-bond acceptors (Lipinski definition) is 3. The van der Waals surface area contributed by atoms with Crippen LogP contribution in [-0.4, -0.2) is 30.7 Å². The standard InChI is InChI=1S/C17H28N2O2/c1-16(2)14-13(8-5-11-21-14)17(16,18)15(20)19-10-9-12-6-3-4-7-12/h6,13-14H,3-5,7-11,18H2,1-2H3,(H,19,20). The van der Waals surface area contributed by atoms with Crippen LogP contribution in [0.5, 0.6) is 0 Å². The lowest BCUT2D eigenvalue weighted by molar-refractivity contribution is -0.225. The van der Waals surface area contributed by atoms with Crippen LogP contribution in [0.15, 0.2) is 11.6 Å². The van der Waals surface area contributed by atoms with Crippen LogP contribution in [0.4, 0.5) is 0 Å². The molecule has 118 valence electrons. The van der Waals surface area contributed by atoms with Gasteiger partial charge in [0.05, 0.1) is 6.10 Å². The zero-order chi connectivity index (χ0) is 15.1. The largest absolute Gasteiger partial charge is 0.377 e. The van der Waals surface area contributed by atoms with E-state index in [1.165, 1.54) is 24.8 Å². The van der Waals surface area contributed by atoms with Crippen molar-refractivity contribution in [1.82, 2.24) is 5.32 Å². The second-order valence-corrected chi connectivity index (χ2v) is 7.39. The Kier molecular flexibility index (Phi) is 3.87. The molecule has 0 aromatic rings. The van der Waals surface area contributed by atoms with Gasteiger partial charge < -0.3 is 15.8 Å². The molecule has 0 bridgehead atoms. The molecular weight excluding hydrogens is 264 g/mol. The van der Waals surface area contributed by atoms with Crippen molar-refractivity contribution < 1.29 is 9.53 Å². The molecule has 3 unspecified atom stereocenters. The van der Waals surface area contributed by atoms with Gasteiger partial charge in [-0.15, -0.1) is 0 Å². The number of ether oxygens (including phenoxy) is 1. The van der Waals surface area contributed by atoms with Crippen molar-refractivity contribution in [3.05, 3.63) is 11.6 Å². The number of amides is 1. The topological polar surface area (TPSA) is 64.3 Å². The summed E-state index contributed by atoms with van der Waals surface area (Å²) in [6, 6.07) is 0. The van der Waals surface area contributed by atoms with Crippen molar-refractivity contribution in [3.63, 3.8) is 0 Å². The summed E-state index contributed by atoms with van der Waals surface area (Å²) >= 11 is 0. The molecule has 1 heterocycles. The number of nitrogens with two attached hydrogens (primary N) is 1. The third kappa shape index (κ3) is 2.23. The van der Waals surface area contributed by atoms with E-state index >= 15 is 0 Å². The molecule has 21 heavy (non-hydrogen) atoms. The average Bonchev–Trinajstić information content (AvgIpc) is 2.99. The Morgan fingerprint density at radius 2 is 2.29 bits per heavy atom. The van der Waals surface area contributed by atoms with Gasteiger partial charge in [-0.1, -0.05) is 25.5 Å². The van der Waals surface area contributed by atoms with E-state index in [-0.39, 0.29) is 23.3 Å². The summed E-state index contributed by atoms with van der Waals surface area (Å²) in [5, 5.41) is 3.08. The van der Waals surface area contributed by atoms with Crippen LogP contribution in [-0.2, 0) is 9.53 Å². The van der Waals surface area contributed by atoms with Gasteiger partial charge >= 0.3 is 0 Å². The Bertz CT molecular complexity index is 458. The van der Waals surface area contributed by atoms with Crippen LogP contribution >= 0.6 is 0 Å². The third-order valence-corrected chi connectivity index (χ3v) is 5.93. The molecule has 4 nitrogen and oxygen atoms in total. The smallest absolute Gasteiger partial charge is 0.241 e. The summed E-state index contributed by atoms with van der Waals surface area (Å²) < 4.78 is 5.85. The SMILES string of the molecule is CC1(C)C2OCCCC2C1(N)C(=O)NCCC1=CCCC1. The molecule has 1 saturated heterocycles. The summed E-state index contributed by atoms with van der Waals surface area (Å²) in [6.45, 7) is 5.64. The van der Waals surface area contributed by atoms with Crippen molar-refractivity contribution in [2.45, 2.75) is 64.0 Å². The van der Waals surface area contributed by atoms with Crippen molar-refractivity contribution >= 4 is 5.91 Å². The van der Waals surface area contributed by atoms with Gasteiger partial charge in [-0.05, 0) is 38.5 Å². The molecule has 0 radical (unpaired) electrons. The van der Waals surface area contributed by atoms with Gasteiger partial charge in [0.15, 0.2) is 0 Å². The van der Waals surface area contributed by atoms with Crippen molar-refractivity contribution in [2.75, 3.05) is 13.2 Å². The lowest BCUT2D eigenvalue weighted by Gasteiger charge is -2.65. The molecule has 1 aliphatic heterocycles. The Morgan fingerprint density at radius 3 is 3.00 bits per heavy atom. The van der Waals surface area contributed by atoms with E-state index < -0.39 is 5.54 Å². The van der Waals surface area contributed by atoms with Gasteiger partial charge in [0.1, 0.15) is 5.54 Å². The second-order valence-electron chi connectivity index (χ2n) is 7.39. The highest BCUT2D eigenvalue weighted by atomic mass is 16.5. The number of allylic oxidation sites excluding steroid dienone is 1. The van der Waals surface area contributed by atoms with E-state index in [0.29, 0.717) is 6.54 Å². The van der Waals surface area contributed by atoms with E-state index in [4.69, 9.17) is 10.5 Å². The molecule has 1 saturated carbocycles. The first kappa shape index (κ1) is 15.0. The molecule has 4 heteroatoms. The van der Waals surface area contributed by atoms with E-state index in [2.05, 4.69) is 25.2 Å². The Balaban J connectivity index is 1.60. The van der Waals surface area contributed by atoms with Gasteiger partial charge in [-0.3, -0.25) is 4.79 Å². The van der Waals surface area contributed by atoms with Crippen molar-refractivity contribution in [3.8, 4) is 0 Å². The highest BCUT2D eigenvalue weighted by Crippen LogP contribution is 2.57. The third-order valence-electron chi connectivity index (χ3n) is 5.93. The lowest BCUT2D eigenvalue weighted by atomic mass is 9.46. The van der Waals surface area contributed by atoms with Crippen LogP contribution in [0.2, 0.25) is 0 Å². The van der Waals surface area contributed by atoms with Crippen molar-refractivity contribution in [1.29, 1.82) is 0 Å². The molecule has 0 spiro atoms. The lowest BCUT2D eigenvalue weighted by Crippen LogP contribution is -2.82. The van der Waals surface area contributed by atoms with Crippen LogP contribution < -0.4 is 11.1 Å². The predicted molar refractivity (Wildman–Crippen MR) is 82.7 cm³/mol. The van der Waals surface area contributed by atoms with Gasteiger partial charge in [0, 0.05) is 24.5 Å². The summed E-state index contributed by atoms with van der Waals surface area (Å²) in [5.74, 6) is 0.185. The number of nitrogens with one attached hydrogen (secondary N) is 1. The molecule has 3 rings (SSSR count). The zero-order valence-electron chi connectivity index (χ0n) is 13.3. The van der Waals surface area contributed by atoms with Crippen LogP contribution in [0, 0.1) is 11.3 Å². The van der Waals surface area contributed by atoms with Crippen LogP contribution in [0.3, 0.4) is 0 Å². The second kappa shape index (κ2) is 5.40. The summed E-state index contributed by atoms with van der Waals surface area (Å²) in [5.41, 5.74) is 6.99. The highest BCUT2D eigenvalue weighted by Gasteiger charge is 2.70. The summed E-state index contributed by atoms with van der Waals surface area (Å²) in [7, 11) is 0. The predicted octanol–water partition coefficient (Wildman–Crippen LogP) is 2.14. The van der Waals surface area contributed by atoms with Gasteiger partial charge in [0.2, 0.25) is 5.91 Å². The zero-order valence-corrected chi connectivity index (χ0v) is 13.3. The first-order chi connectivity index (χ1) is 9.98. The molecule has 3 aliphatic rings. The van der Waals surface area contributed by atoms with E-state index in [1.807, 2.05) is 0 Å². The van der Waals surface area contributed by atoms with Crippen LogP contribution in [0.25, 0.3) is 0 Å². The number of rotatable bonds is 4. The highest BCUT2D eigenvalue weighted by molar-refractivity contribution is 5.89. The van der Waals surface area contributed by atoms with E-state index in [1.54, 1.807) is 0 Å². The first-order valence-electron chi connectivity index (χ1n) is 8.34. The van der Waals surface area contributed by atoms with Gasteiger partial charge in [-0.25, -0.2) is 0 Å². The van der Waals surface area contributed by atoms with E-state index in [0.717, 1.165) is 25.9 Å². The number of carbonyl (C=O) groups is 1. The number of carbonyl (C=O) groups excluding carboxylic acids is 1. The fraction of sp³-hybridized carbons (Fsp3) is 0.824. The normalized spacial score (nSPS) is 37.4. The quantitative estimate of drug-likeness (QED) is 0.780. The van der Waals surface area contributed by atoms with E-state index in [9.17, 15) is 4.79 Å². The molecule has 3 atom stereocenters. The summed E-state index contributed by atoms with van der Waals surface area (Å²) in [6.07, 6.45) is 9.07. The first-order valence-corrected chi connectivity index (χ1v) is 8.34. The van der Waals surface area contributed by atoms with Gasteiger partial charge in [0.25, 0.3) is 0 Å². The molecule has 2 fully saturated rings. The maximum absolute atomic E-state index is 12.7. The maximum Gasteiger partial charge on any atom is 0.241 e. The Hall–Kier alpha value is -0.870. The molecule has 0 aromatic heterocycles. The average molecular weight is 292 g/mol. The molecule has 0 aromatic carbocycles. The van der Waals surface area contributed by atoms with Crippen molar-refractivity contribution in [2.24, 2.45) is 17.1 Å². The monoisotopic (exact) mass is 292 g/mol. The fourth-order valence-electron chi connectivity index (χ4n) is 4.48. The molecule has 1 amide bonds. The Morgan fingerprint density at radius 1 is 1.48 bits per heavy atom. The minimum atomic E-state index is -0.776. The fourth-order valence-corrected chi connectivity index (χ4v) is 4.48. The Labute approximate surface area is 127 Å². The minimum absolute atomic E-state index is 0.0119. The maximum atomic E-state index is 12.7.